The molecular formula is C12H22O4. The van der Waals surface area contributed by atoms with Crippen LogP contribution in [0.1, 0.15) is 40.0 Å². The van der Waals surface area contributed by atoms with E-state index in [4.69, 9.17) is 14.9 Å². The fraction of sp³-hybridized carbons (Fsp3) is 0.917. The second-order valence-electron chi connectivity index (χ2n) is 5.18. The van der Waals surface area contributed by atoms with E-state index in [1.54, 1.807) is 0 Å². The zero-order valence-corrected chi connectivity index (χ0v) is 10.2. The van der Waals surface area contributed by atoms with Gasteiger partial charge >= 0.3 is 5.97 Å². The summed E-state index contributed by atoms with van der Waals surface area (Å²) in [5, 5.41) is 17.4. The van der Waals surface area contributed by atoms with E-state index in [0.29, 0.717) is 17.8 Å². The van der Waals surface area contributed by atoms with Crippen molar-refractivity contribution in [2.75, 3.05) is 0 Å². The Morgan fingerprint density at radius 3 is 2.44 bits per heavy atom. The molecule has 0 aromatic carbocycles. The first-order valence-electron chi connectivity index (χ1n) is 5.98. The summed E-state index contributed by atoms with van der Waals surface area (Å²) in [6.45, 7) is 6.35. The van der Waals surface area contributed by atoms with E-state index < -0.39 is 12.3 Å². The van der Waals surface area contributed by atoms with Crippen LogP contribution >= 0.6 is 0 Å². The number of hydrogen-bond donors (Lipinski definition) is 2. The topological polar surface area (TPSA) is 66.8 Å². The van der Waals surface area contributed by atoms with Gasteiger partial charge in [0.25, 0.3) is 6.29 Å². The lowest BCUT2D eigenvalue weighted by molar-refractivity contribution is -0.184. The van der Waals surface area contributed by atoms with Crippen LogP contribution in [0.3, 0.4) is 0 Å². The first kappa shape index (κ1) is 13.5. The Morgan fingerprint density at radius 1 is 1.31 bits per heavy atom. The smallest absolute Gasteiger partial charge is 0.363 e. The van der Waals surface area contributed by atoms with Crippen molar-refractivity contribution in [2.45, 2.75) is 52.4 Å². The standard InChI is InChI=1S/C12H22O4/c1-7(2)9-5-4-8(3)6-10(9)16-12(15)11(13)14/h7-11,13-14H,4-6H2,1-3H3/t8-,9-,10+/m1/s1. The van der Waals surface area contributed by atoms with Crippen LogP contribution in [0.15, 0.2) is 0 Å². The molecular weight excluding hydrogens is 208 g/mol. The van der Waals surface area contributed by atoms with Crippen molar-refractivity contribution < 1.29 is 19.7 Å². The number of carbonyl (C=O) groups is 1. The van der Waals surface area contributed by atoms with Crippen molar-refractivity contribution in [3.63, 3.8) is 0 Å². The first-order chi connectivity index (χ1) is 7.41. The third kappa shape index (κ3) is 3.46. The molecule has 0 spiro atoms. The molecule has 16 heavy (non-hydrogen) atoms. The van der Waals surface area contributed by atoms with Crippen LogP contribution in [0.4, 0.5) is 0 Å². The van der Waals surface area contributed by atoms with Crippen LogP contribution in [-0.2, 0) is 9.53 Å². The fourth-order valence-corrected chi connectivity index (χ4v) is 2.46. The van der Waals surface area contributed by atoms with Gasteiger partial charge in [0.1, 0.15) is 6.10 Å². The summed E-state index contributed by atoms with van der Waals surface area (Å²) in [5.41, 5.74) is 0. The van der Waals surface area contributed by atoms with Gasteiger partial charge in [0, 0.05) is 0 Å². The lowest BCUT2D eigenvalue weighted by Gasteiger charge is -2.36. The Hall–Kier alpha value is -0.610. The predicted molar refractivity (Wildman–Crippen MR) is 59.4 cm³/mol. The molecule has 0 aliphatic heterocycles. The average molecular weight is 230 g/mol. The Balaban J connectivity index is 2.61. The quantitative estimate of drug-likeness (QED) is 0.566. The zero-order chi connectivity index (χ0) is 12.3. The SMILES string of the molecule is CC(C)[C@H]1CC[C@@H](C)C[C@@H]1OC(=O)C(O)O. The van der Waals surface area contributed by atoms with Gasteiger partial charge in [-0.15, -0.1) is 0 Å². The number of carbonyl (C=O) groups excluding carboxylic acids is 1. The van der Waals surface area contributed by atoms with E-state index in [1.165, 1.54) is 0 Å². The molecule has 0 aromatic rings. The Morgan fingerprint density at radius 2 is 1.94 bits per heavy atom. The summed E-state index contributed by atoms with van der Waals surface area (Å²) < 4.78 is 5.16. The molecule has 1 rings (SSSR count). The van der Waals surface area contributed by atoms with Crippen LogP contribution in [0.2, 0.25) is 0 Å². The highest BCUT2D eigenvalue weighted by atomic mass is 16.6. The highest BCUT2D eigenvalue weighted by Crippen LogP contribution is 2.35. The number of ether oxygens (including phenoxy) is 1. The van der Waals surface area contributed by atoms with Crippen LogP contribution in [0, 0.1) is 17.8 Å². The second kappa shape index (κ2) is 5.64. The van der Waals surface area contributed by atoms with Crippen molar-refractivity contribution in [3.05, 3.63) is 0 Å². The lowest BCUT2D eigenvalue weighted by Crippen LogP contribution is -2.38. The van der Waals surface area contributed by atoms with E-state index in [1.807, 2.05) is 0 Å². The zero-order valence-electron chi connectivity index (χ0n) is 10.2. The molecule has 94 valence electrons. The number of aliphatic hydroxyl groups excluding tert-OH is 1. The minimum absolute atomic E-state index is 0.168. The molecule has 4 nitrogen and oxygen atoms in total. The molecule has 0 aromatic heterocycles. The Labute approximate surface area is 96.6 Å². The van der Waals surface area contributed by atoms with Gasteiger partial charge in [0.15, 0.2) is 0 Å². The molecule has 0 bridgehead atoms. The van der Waals surface area contributed by atoms with Crippen LogP contribution in [0.25, 0.3) is 0 Å². The van der Waals surface area contributed by atoms with Crippen LogP contribution < -0.4 is 0 Å². The Kier molecular flexibility index (Phi) is 4.74. The fourth-order valence-electron chi connectivity index (χ4n) is 2.46. The van der Waals surface area contributed by atoms with E-state index >= 15 is 0 Å². The van der Waals surface area contributed by atoms with Crippen LogP contribution in [-0.4, -0.2) is 28.6 Å². The maximum Gasteiger partial charge on any atom is 0.363 e. The number of aliphatic hydroxyl groups is 2. The summed E-state index contributed by atoms with van der Waals surface area (Å²) in [6, 6.07) is 0. The van der Waals surface area contributed by atoms with Gasteiger partial charge in [-0.3, -0.25) is 0 Å². The molecule has 0 saturated heterocycles. The van der Waals surface area contributed by atoms with Gasteiger partial charge < -0.3 is 14.9 Å². The average Bonchev–Trinajstić information content (AvgIpc) is 2.16. The molecule has 0 unspecified atom stereocenters. The molecule has 4 heteroatoms. The number of rotatable bonds is 3. The number of hydrogen-bond acceptors (Lipinski definition) is 4. The number of esters is 1. The van der Waals surface area contributed by atoms with Crippen molar-refractivity contribution in [3.8, 4) is 0 Å². The second-order valence-corrected chi connectivity index (χ2v) is 5.18. The molecule has 0 amide bonds. The third-order valence-electron chi connectivity index (χ3n) is 3.44. The van der Waals surface area contributed by atoms with E-state index in [2.05, 4.69) is 20.8 Å². The van der Waals surface area contributed by atoms with Gasteiger partial charge in [-0.25, -0.2) is 4.79 Å². The molecule has 0 heterocycles. The normalized spacial score (nSPS) is 30.8. The minimum atomic E-state index is -2.01. The van der Waals surface area contributed by atoms with E-state index in [0.717, 1.165) is 19.3 Å². The molecule has 1 fully saturated rings. The lowest BCUT2D eigenvalue weighted by atomic mass is 9.75. The highest BCUT2D eigenvalue weighted by molar-refractivity contribution is 5.72. The molecule has 1 aliphatic carbocycles. The maximum atomic E-state index is 11.2. The Bertz CT molecular complexity index is 237. The van der Waals surface area contributed by atoms with E-state index in [9.17, 15) is 4.79 Å². The molecule has 1 saturated carbocycles. The van der Waals surface area contributed by atoms with E-state index in [-0.39, 0.29) is 6.10 Å². The summed E-state index contributed by atoms with van der Waals surface area (Å²) >= 11 is 0. The van der Waals surface area contributed by atoms with Gasteiger partial charge in [-0.05, 0) is 30.6 Å². The monoisotopic (exact) mass is 230 g/mol. The van der Waals surface area contributed by atoms with Gasteiger partial charge in [-0.1, -0.05) is 27.2 Å². The van der Waals surface area contributed by atoms with Crippen LogP contribution in [0.5, 0.6) is 0 Å². The van der Waals surface area contributed by atoms with Gasteiger partial charge in [0.2, 0.25) is 0 Å². The largest absolute Gasteiger partial charge is 0.458 e. The predicted octanol–water partition coefficient (Wildman–Crippen LogP) is 1.30. The highest BCUT2D eigenvalue weighted by Gasteiger charge is 2.34. The van der Waals surface area contributed by atoms with Gasteiger partial charge in [-0.2, -0.15) is 0 Å². The molecule has 1 aliphatic rings. The molecule has 0 radical (unpaired) electrons. The molecule has 2 N–H and O–H groups in total. The summed E-state index contributed by atoms with van der Waals surface area (Å²) in [6.07, 6.45) is 0.834. The third-order valence-corrected chi connectivity index (χ3v) is 3.44. The van der Waals surface area contributed by atoms with Crippen molar-refractivity contribution >= 4 is 5.97 Å². The first-order valence-corrected chi connectivity index (χ1v) is 5.98. The molecule has 3 atom stereocenters. The van der Waals surface area contributed by atoms with Crippen molar-refractivity contribution in [2.24, 2.45) is 17.8 Å². The van der Waals surface area contributed by atoms with Gasteiger partial charge in [0.05, 0.1) is 0 Å². The minimum Gasteiger partial charge on any atom is -0.458 e. The summed E-state index contributed by atoms with van der Waals surface area (Å²) in [5.74, 6) is 0.383. The van der Waals surface area contributed by atoms with Crippen molar-refractivity contribution in [1.29, 1.82) is 0 Å². The summed E-state index contributed by atoms with van der Waals surface area (Å²) in [4.78, 5) is 11.2. The summed E-state index contributed by atoms with van der Waals surface area (Å²) in [7, 11) is 0. The maximum absolute atomic E-state index is 11.2. The van der Waals surface area contributed by atoms with Crippen molar-refractivity contribution in [1.82, 2.24) is 0 Å².